The van der Waals surface area contributed by atoms with E-state index in [9.17, 15) is 18.7 Å². The largest absolute Gasteiger partial charge is 0.508 e. The van der Waals surface area contributed by atoms with Gasteiger partial charge >= 0.3 is 6.01 Å². The van der Waals surface area contributed by atoms with Gasteiger partial charge in [0, 0.05) is 55.0 Å². The third-order valence-electron chi connectivity index (χ3n) is 11.7. The molecule has 4 aliphatic rings. The Morgan fingerprint density at radius 2 is 1.91 bits per heavy atom. The maximum absolute atomic E-state index is 17.1. The maximum Gasteiger partial charge on any atom is 0.319 e. The van der Waals surface area contributed by atoms with Crippen LogP contribution in [-0.4, -0.2) is 97.3 Å². The molecule has 0 aliphatic carbocycles. The monoisotopic (exact) mass is 763 g/mol. The summed E-state index contributed by atoms with van der Waals surface area (Å²) in [6.45, 7) is 3.46. The third-order valence-corrected chi connectivity index (χ3v) is 11.7. The highest BCUT2D eigenvalue weighted by atomic mass is 19.1. The molecule has 10 nitrogen and oxygen atoms in total. The second kappa shape index (κ2) is 13.7. The average molecular weight is 764 g/mol. The fraction of sp³-hybridized carbons (Fsp3) is 0.357. The van der Waals surface area contributed by atoms with E-state index in [0.717, 1.165) is 25.5 Å². The number of halogens is 4. The molecule has 1 N–H and O–H groups in total. The number of piperazine rings is 1. The third kappa shape index (κ3) is 6.05. The number of carbonyl (C=O) groups is 1. The number of terminal acetylenes is 1. The lowest BCUT2D eigenvalue weighted by Gasteiger charge is -2.41. The number of carbonyl (C=O) groups excluding carboxylic acids is 1. The molecule has 5 aromatic rings. The predicted molar refractivity (Wildman–Crippen MR) is 202 cm³/mol. The summed E-state index contributed by atoms with van der Waals surface area (Å²) < 4.78 is 68.4. The molecular formula is C42H37F4N7O3. The molecule has 14 heteroatoms. The van der Waals surface area contributed by atoms with Crippen molar-refractivity contribution < 1.29 is 32.2 Å². The minimum Gasteiger partial charge on any atom is -0.508 e. The molecule has 9 rings (SSSR count). The molecule has 0 spiro atoms. The molecular weight excluding hydrogens is 726 g/mol. The Hall–Kier alpha value is -5.81. The molecule has 4 atom stereocenters. The lowest BCUT2D eigenvalue weighted by Crippen LogP contribution is -2.56. The molecule has 4 fully saturated rings. The summed E-state index contributed by atoms with van der Waals surface area (Å²) in [7, 11) is 0. The molecule has 7 heterocycles. The van der Waals surface area contributed by atoms with Crippen molar-refractivity contribution in [2.24, 2.45) is 0 Å². The molecule has 2 aromatic carbocycles. The highest BCUT2D eigenvalue weighted by molar-refractivity contribution is 6.03. The second-order valence-electron chi connectivity index (χ2n) is 15.2. The molecule has 4 saturated heterocycles. The zero-order valence-corrected chi connectivity index (χ0v) is 30.5. The quantitative estimate of drug-likeness (QED) is 0.111. The van der Waals surface area contributed by atoms with Gasteiger partial charge in [-0.05, 0) is 74.9 Å². The lowest BCUT2D eigenvalue weighted by molar-refractivity contribution is -0.131. The first kappa shape index (κ1) is 35.9. The number of hydrogen-bond acceptors (Lipinski definition) is 9. The Bertz CT molecular complexity index is 2500. The Kier molecular flexibility index (Phi) is 8.80. The number of aryl methyl sites for hydroxylation is 1. The highest BCUT2D eigenvalue weighted by Crippen LogP contribution is 2.43. The van der Waals surface area contributed by atoms with Crippen molar-refractivity contribution in [2.45, 2.75) is 62.8 Å². The van der Waals surface area contributed by atoms with Gasteiger partial charge in [0.2, 0.25) is 0 Å². The van der Waals surface area contributed by atoms with Gasteiger partial charge in [-0.25, -0.2) is 17.6 Å². The van der Waals surface area contributed by atoms with Crippen LogP contribution in [-0.2, 0) is 4.79 Å². The summed E-state index contributed by atoms with van der Waals surface area (Å²) in [4.78, 5) is 37.2. The summed E-state index contributed by atoms with van der Waals surface area (Å²) in [5, 5.41) is 11.5. The normalized spacial score (nSPS) is 23.6. The number of hydrogen-bond donors (Lipinski definition) is 1. The SMILES string of the molecule is C#Cc1c(F)ccc2cc(O)cc(-c3ncc4c(N5C[C@H]6CC[C@@H](C5)N6C(=O)/C(F)=C/c5cccc(C)n5)nc(OC[C@@]56CCCN5C[C@H](F)C6)nc4c3F)c12. The molecule has 1 amide bonds. The van der Waals surface area contributed by atoms with E-state index in [0.29, 0.717) is 48.4 Å². The fourth-order valence-electron chi connectivity index (χ4n) is 9.28. The number of rotatable bonds is 7. The van der Waals surface area contributed by atoms with E-state index < -0.39 is 35.1 Å². The van der Waals surface area contributed by atoms with E-state index in [1.165, 1.54) is 30.5 Å². The van der Waals surface area contributed by atoms with Crippen LogP contribution in [0.3, 0.4) is 0 Å². The topological polar surface area (TPSA) is 108 Å². The van der Waals surface area contributed by atoms with Crippen molar-refractivity contribution >= 4 is 39.5 Å². The van der Waals surface area contributed by atoms with Crippen molar-refractivity contribution in [1.82, 2.24) is 29.7 Å². The smallest absolute Gasteiger partial charge is 0.319 e. The molecule has 4 aliphatic heterocycles. The molecule has 0 saturated carbocycles. The number of ether oxygens (including phenoxy) is 1. The number of phenols is 1. The fourth-order valence-corrected chi connectivity index (χ4v) is 9.28. The van der Waals surface area contributed by atoms with Gasteiger partial charge in [0.15, 0.2) is 11.6 Å². The number of amides is 1. The number of phenolic OH excluding ortho intramolecular Hbond substituents is 1. The van der Waals surface area contributed by atoms with Gasteiger partial charge in [-0.1, -0.05) is 18.1 Å². The summed E-state index contributed by atoms with van der Waals surface area (Å²) >= 11 is 0. The first-order valence-corrected chi connectivity index (χ1v) is 18.7. The molecule has 2 bridgehead atoms. The summed E-state index contributed by atoms with van der Waals surface area (Å²) in [5.41, 5.74) is 0.0827. The average Bonchev–Trinajstić information content (AvgIpc) is 3.79. The maximum atomic E-state index is 17.1. The van der Waals surface area contributed by atoms with E-state index >= 15 is 8.78 Å². The lowest BCUT2D eigenvalue weighted by atomic mass is 9.95. The minimum absolute atomic E-state index is 0.0658. The van der Waals surface area contributed by atoms with Crippen LogP contribution in [0.2, 0.25) is 0 Å². The second-order valence-corrected chi connectivity index (χ2v) is 15.2. The zero-order valence-electron chi connectivity index (χ0n) is 30.5. The molecule has 3 aromatic heterocycles. The van der Waals surface area contributed by atoms with Crippen molar-refractivity contribution in [2.75, 3.05) is 37.7 Å². The van der Waals surface area contributed by atoms with E-state index in [1.807, 2.05) is 4.90 Å². The summed E-state index contributed by atoms with van der Waals surface area (Å²) in [6.07, 6.45) is 10.4. The van der Waals surface area contributed by atoms with Gasteiger partial charge in [0.05, 0.1) is 34.3 Å². The molecule has 0 unspecified atom stereocenters. The minimum atomic E-state index is -0.991. The van der Waals surface area contributed by atoms with Crippen LogP contribution < -0.4 is 9.64 Å². The van der Waals surface area contributed by atoms with Crippen LogP contribution in [0.5, 0.6) is 11.8 Å². The molecule has 56 heavy (non-hydrogen) atoms. The summed E-state index contributed by atoms with van der Waals surface area (Å²) in [6, 6.07) is 9.58. The number of anilines is 1. The number of nitrogens with zero attached hydrogens (tertiary/aromatic N) is 7. The number of fused-ring (bicyclic) bond motifs is 5. The van der Waals surface area contributed by atoms with Crippen molar-refractivity contribution in [3.05, 3.63) is 83.1 Å². The standard InChI is InChI=1S/C42H37F4N7O3/c1-3-30-33(44)11-8-24-14-29(54)16-31(35(24)30)37-36(46)38-32(18-47-37)39(50-41(49-38)56-22-42-12-5-13-52(42)19-25(43)17-42)51-20-27-9-10-28(21-51)53(27)40(55)34(45)15-26-7-4-6-23(2)48-26/h1,4,6-8,11,14-16,18,25,27-28,54H,5,9-10,12-13,17,19-22H2,2H3/b34-15-/t25-,27-,28+,42+/m1/s1. The Morgan fingerprint density at radius 3 is 2.68 bits per heavy atom. The van der Waals surface area contributed by atoms with Gasteiger partial charge in [-0.2, -0.15) is 9.97 Å². The van der Waals surface area contributed by atoms with Crippen LogP contribution in [0.4, 0.5) is 23.4 Å². The number of pyridine rings is 2. The van der Waals surface area contributed by atoms with Gasteiger partial charge in [0.1, 0.15) is 41.4 Å². The van der Waals surface area contributed by atoms with E-state index in [2.05, 4.69) is 25.8 Å². The van der Waals surface area contributed by atoms with Gasteiger partial charge in [-0.3, -0.25) is 19.7 Å². The Morgan fingerprint density at radius 1 is 1.11 bits per heavy atom. The highest BCUT2D eigenvalue weighted by Gasteiger charge is 2.50. The summed E-state index contributed by atoms with van der Waals surface area (Å²) in [5.74, 6) is -0.757. The van der Waals surface area contributed by atoms with Crippen molar-refractivity contribution in [3.8, 4) is 35.4 Å². The Balaban J connectivity index is 1.11. The molecule has 0 radical (unpaired) electrons. The van der Waals surface area contributed by atoms with E-state index in [1.54, 1.807) is 30.0 Å². The van der Waals surface area contributed by atoms with Crippen LogP contribution in [0.25, 0.3) is 39.0 Å². The van der Waals surface area contributed by atoms with E-state index in [4.69, 9.17) is 16.1 Å². The van der Waals surface area contributed by atoms with Crippen LogP contribution in [0.15, 0.2) is 54.5 Å². The van der Waals surface area contributed by atoms with Gasteiger partial charge < -0.3 is 19.6 Å². The van der Waals surface area contributed by atoms with Crippen LogP contribution in [0, 0.1) is 30.9 Å². The number of aromatic nitrogens is 4. The van der Waals surface area contributed by atoms with Crippen molar-refractivity contribution in [3.63, 3.8) is 0 Å². The number of alkyl halides is 1. The first-order chi connectivity index (χ1) is 27.0. The Labute approximate surface area is 319 Å². The predicted octanol–water partition coefficient (Wildman–Crippen LogP) is 6.66. The molecule has 286 valence electrons. The van der Waals surface area contributed by atoms with Crippen molar-refractivity contribution in [1.29, 1.82) is 0 Å². The number of benzene rings is 2. The number of aromatic hydroxyl groups is 1. The van der Waals surface area contributed by atoms with Gasteiger partial charge in [-0.15, -0.1) is 6.42 Å². The zero-order chi connectivity index (χ0) is 38.9. The first-order valence-electron chi connectivity index (χ1n) is 18.7. The van der Waals surface area contributed by atoms with E-state index in [-0.39, 0.29) is 76.7 Å². The van der Waals surface area contributed by atoms with Crippen LogP contribution >= 0.6 is 0 Å². The van der Waals surface area contributed by atoms with Crippen LogP contribution in [0.1, 0.15) is 49.1 Å². The van der Waals surface area contributed by atoms with Gasteiger partial charge in [0.25, 0.3) is 5.91 Å².